The van der Waals surface area contributed by atoms with Gasteiger partial charge in [-0.3, -0.25) is 4.79 Å². The van der Waals surface area contributed by atoms with Crippen molar-refractivity contribution in [3.63, 3.8) is 0 Å². The third-order valence-electron chi connectivity index (χ3n) is 3.35. The molecule has 1 atom stereocenters. The smallest absolute Gasteiger partial charge is 0.331 e. The summed E-state index contributed by atoms with van der Waals surface area (Å²) in [6, 6.07) is 7.20. The largest absolute Gasteiger partial charge is 0.452 e. The van der Waals surface area contributed by atoms with E-state index in [0.29, 0.717) is 10.9 Å². The molecule has 0 spiro atoms. The molecule has 0 saturated heterocycles. The van der Waals surface area contributed by atoms with Crippen LogP contribution in [-0.2, 0) is 14.3 Å². The highest BCUT2D eigenvalue weighted by Crippen LogP contribution is 2.32. The molecule has 5 heteroatoms. The van der Waals surface area contributed by atoms with Crippen molar-refractivity contribution >= 4 is 29.6 Å². The molecule has 1 aromatic carbocycles. The van der Waals surface area contributed by atoms with E-state index in [1.54, 1.807) is 30.3 Å². The monoisotopic (exact) mass is 307 g/mol. The number of hydrogen-bond acceptors (Lipinski definition) is 3. The summed E-state index contributed by atoms with van der Waals surface area (Å²) >= 11 is 5.77. The summed E-state index contributed by atoms with van der Waals surface area (Å²) in [5, 5.41) is 3.46. The van der Waals surface area contributed by atoms with Crippen molar-refractivity contribution in [2.24, 2.45) is 5.92 Å². The Labute approximate surface area is 129 Å². The third-order valence-corrected chi connectivity index (χ3v) is 3.60. The Bertz CT molecular complexity index is 535. The number of carbonyl (C=O) groups excluding carboxylic acids is 2. The van der Waals surface area contributed by atoms with Crippen LogP contribution in [0, 0.1) is 5.92 Å². The number of ether oxygens (including phenoxy) is 1. The lowest BCUT2D eigenvalue weighted by atomic mass is 10.2. The summed E-state index contributed by atoms with van der Waals surface area (Å²) in [7, 11) is 0. The van der Waals surface area contributed by atoms with Gasteiger partial charge in [-0.25, -0.2) is 4.79 Å². The molecular formula is C16H18ClNO3. The van der Waals surface area contributed by atoms with Gasteiger partial charge in [-0.05, 0) is 49.5 Å². The maximum absolute atomic E-state index is 11.6. The number of benzene rings is 1. The fraction of sp³-hybridized carbons (Fsp3) is 0.375. The summed E-state index contributed by atoms with van der Waals surface area (Å²) in [5.74, 6) is -0.226. The van der Waals surface area contributed by atoms with Crippen LogP contribution in [0.2, 0.25) is 5.02 Å². The highest BCUT2D eigenvalue weighted by molar-refractivity contribution is 6.30. The van der Waals surface area contributed by atoms with Crippen LogP contribution in [0.25, 0.3) is 6.08 Å². The maximum Gasteiger partial charge on any atom is 0.331 e. The number of rotatable bonds is 6. The van der Waals surface area contributed by atoms with Gasteiger partial charge in [0.1, 0.15) is 0 Å². The molecule has 2 rings (SSSR count). The first-order valence-corrected chi connectivity index (χ1v) is 7.32. The fourth-order valence-corrected chi connectivity index (χ4v) is 2.06. The first-order chi connectivity index (χ1) is 10.0. The topological polar surface area (TPSA) is 55.4 Å². The summed E-state index contributed by atoms with van der Waals surface area (Å²) in [6.45, 7) is 1.72. The van der Waals surface area contributed by atoms with Gasteiger partial charge in [0.15, 0.2) is 6.61 Å². The zero-order chi connectivity index (χ0) is 15.2. The minimum atomic E-state index is -0.542. The fourth-order valence-electron chi connectivity index (χ4n) is 1.93. The van der Waals surface area contributed by atoms with Gasteiger partial charge in [0.05, 0.1) is 0 Å². The van der Waals surface area contributed by atoms with Crippen molar-refractivity contribution in [1.82, 2.24) is 5.32 Å². The lowest BCUT2D eigenvalue weighted by Crippen LogP contribution is -2.36. The second-order valence-electron chi connectivity index (χ2n) is 5.19. The van der Waals surface area contributed by atoms with Crippen molar-refractivity contribution in [3.8, 4) is 0 Å². The second kappa shape index (κ2) is 7.27. The molecule has 1 aliphatic rings. The van der Waals surface area contributed by atoms with Gasteiger partial charge in [0, 0.05) is 17.1 Å². The molecule has 1 saturated carbocycles. The Morgan fingerprint density at radius 3 is 2.67 bits per heavy atom. The molecule has 1 amide bonds. The molecule has 0 radical (unpaired) electrons. The van der Waals surface area contributed by atoms with Gasteiger partial charge in [-0.1, -0.05) is 23.7 Å². The molecule has 0 unspecified atom stereocenters. The van der Waals surface area contributed by atoms with E-state index in [0.717, 1.165) is 18.4 Å². The van der Waals surface area contributed by atoms with Gasteiger partial charge in [-0.2, -0.15) is 0 Å². The Morgan fingerprint density at radius 1 is 1.38 bits per heavy atom. The van der Waals surface area contributed by atoms with E-state index in [4.69, 9.17) is 16.3 Å². The van der Waals surface area contributed by atoms with Crippen LogP contribution >= 0.6 is 11.6 Å². The molecule has 4 nitrogen and oxygen atoms in total. The third kappa shape index (κ3) is 5.60. The maximum atomic E-state index is 11.6. The van der Waals surface area contributed by atoms with E-state index in [1.807, 2.05) is 6.92 Å². The van der Waals surface area contributed by atoms with Crippen molar-refractivity contribution in [2.45, 2.75) is 25.8 Å². The van der Waals surface area contributed by atoms with Gasteiger partial charge >= 0.3 is 5.97 Å². The van der Waals surface area contributed by atoms with Gasteiger partial charge < -0.3 is 10.1 Å². The summed E-state index contributed by atoms with van der Waals surface area (Å²) < 4.78 is 4.89. The minimum absolute atomic E-state index is 0.154. The number of halogens is 1. The van der Waals surface area contributed by atoms with Crippen LogP contribution < -0.4 is 5.32 Å². The molecular weight excluding hydrogens is 290 g/mol. The molecule has 1 N–H and O–H groups in total. The normalized spacial score (nSPS) is 15.7. The van der Waals surface area contributed by atoms with Crippen LogP contribution in [0.3, 0.4) is 0 Å². The van der Waals surface area contributed by atoms with Gasteiger partial charge in [0.25, 0.3) is 5.91 Å². The molecule has 0 heterocycles. The van der Waals surface area contributed by atoms with Crippen LogP contribution in [-0.4, -0.2) is 24.5 Å². The summed E-state index contributed by atoms with van der Waals surface area (Å²) in [5.41, 5.74) is 0.836. The Hall–Kier alpha value is -1.81. The molecule has 0 bridgehead atoms. The van der Waals surface area contributed by atoms with E-state index >= 15 is 0 Å². The van der Waals surface area contributed by atoms with Crippen molar-refractivity contribution in [1.29, 1.82) is 0 Å². The van der Waals surface area contributed by atoms with E-state index in [-0.39, 0.29) is 18.6 Å². The van der Waals surface area contributed by atoms with Crippen LogP contribution in [0.15, 0.2) is 30.3 Å². The van der Waals surface area contributed by atoms with E-state index in [2.05, 4.69) is 5.32 Å². The number of amides is 1. The Kier molecular flexibility index (Phi) is 5.39. The van der Waals surface area contributed by atoms with Crippen molar-refractivity contribution < 1.29 is 14.3 Å². The predicted octanol–water partition coefficient (Wildman–Crippen LogP) is 2.81. The van der Waals surface area contributed by atoms with Crippen molar-refractivity contribution in [3.05, 3.63) is 40.9 Å². The number of esters is 1. The molecule has 21 heavy (non-hydrogen) atoms. The van der Waals surface area contributed by atoms with Gasteiger partial charge in [0.2, 0.25) is 0 Å². The number of nitrogens with one attached hydrogen (secondary N) is 1. The molecule has 1 aliphatic carbocycles. The van der Waals surface area contributed by atoms with Crippen LogP contribution in [0.5, 0.6) is 0 Å². The quantitative estimate of drug-likeness (QED) is 0.649. The molecule has 1 fully saturated rings. The molecule has 112 valence electrons. The molecule has 1 aromatic rings. The number of hydrogen-bond donors (Lipinski definition) is 1. The Balaban J connectivity index is 1.71. The standard InChI is InChI=1S/C16H18ClNO3/c1-11(13-5-6-13)18-15(19)10-21-16(20)9-4-12-2-7-14(17)8-3-12/h2-4,7-9,11,13H,5-6,10H2,1H3,(H,18,19)/b9-4+/t11-/m1/s1. The van der Waals surface area contributed by atoms with Gasteiger partial charge in [-0.15, -0.1) is 0 Å². The first kappa shape index (κ1) is 15.6. The number of carbonyl (C=O) groups is 2. The second-order valence-corrected chi connectivity index (χ2v) is 5.62. The van der Waals surface area contributed by atoms with E-state index in [9.17, 15) is 9.59 Å². The lowest BCUT2D eigenvalue weighted by molar-refractivity contribution is -0.144. The Morgan fingerprint density at radius 2 is 2.05 bits per heavy atom. The zero-order valence-corrected chi connectivity index (χ0v) is 12.6. The predicted molar refractivity (Wildman–Crippen MR) is 81.8 cm³/mol. The summed E-state index contributed by atoms with van der Waals surface area (Å²) in [4.78, 5) is 23.1. The first-order valence-electron chi connectivity index (χ1n) is 6.94. The van der Waals surface area contributed by atoms with Crippen LogP contribution in [0.1, 0.15) is 25.3 Å². The average Bonchev–Trinajstić information content (AvgIpc) is 3.29. The lowest BCUT2D eigenvalue weighted by Gasteiger charge is -2.12. The highest BCUT2D eigenvalue weighted by Gasteiger charge is 2.28. The van der Waals surface area contributed by atoms with E-state index < -0.39 is 5.97 Å². The van der Waals surface area contributed by atoms with E-state index in [1.165, 1.54) is 6.08 Å². The molecule has 0 aliphatic heterocycles. The molecule has 0 aromatic heterocycles. The minimum Gasteiger partial charge on any atom is -0.452 e. The highest BCUT2D eigenvalue weighted by atomic mass is 35.5. The summed E-state index contributed by atoms with van der Waals surface area (Å²) in [6.07, 6.45) is 5.22. The zero-order valence-electron chi connectivity index (χ0n) is 11.8. The van der Waals surface area contributed by atoms with Crippen LogP contribution in [0.4, 0.5) is 0 Å². The van der Waals surface area contributed by atoms with Crippen molar-refractivity contribution in [2.75, 3.05) is 6.61 Å². The SMILES string of the molecule is C[C@@H](NC(=O)COC(=O)/C=C/c1ccc(Cl)cc1)C1CC1. The average molecular weight is 308 g/mol.